The first-order valence-corrected chi connectivity index (χ1v) is 4.52. The summed E-state index contributed by atoms with van der Waals surface area (Å²) in [6.45, 7) is 7.89. The molecule has 70 valence electrons. The highest BCUT2D eigenvalue weighted by molar-refractivity contribution is 5.44. The van der Waals surface area contributed by atoms with Gasteiger partial charge >= 0.3 is 0 Å². The van der Waals surface area contributed by atoms with Crippen molar-refractivity contribution in [2.24, 2.45) is 0 Å². The Bertz CT molecular complexity index is 286. The number of hydrogen-bond acceptors (Lipinski definition) is 3. The molecule has 4 heteroatoms. The molecule has 2 heterocycles. The van der Waals surface area contributed by atoms with E-state index in [0.29, 0.717) is 0 Å². The van der Waals surface area contributed by atoms with Crippen molar-refractivity contribution >= 4 is 11.9 Å². The SMILES string of the molecule is C=Cn1cc(N2CCNCC2)cn1. The van der Waals surface area contributed by atoms with E-state index in [2.05, 4.69) is 21.9 Å². The van der Waals surface area contributed by atoms with Crippen molar-refractivity contribution in [3.63, 3.8) is 0 Å². The van der Waals surface area contributed by atoms with Gasteiger partial charge in [-0.2, -0.15) is 5.10 Å². The molecule has 0 aliphatic carbocycles. The molecule has 0 atom stereocenters. The molecule has 1 fully saturated rings. The highest BCUT2D eigenvalue weighted by Gasteiger charge is 2.11. The van der Waals surface area contributed by atoms with Crippen LogP contribution >= 0.6 is 0 Å². The lowest BCUT2D eigenvalue weighted by Gasteiger charge is -2.27. The van der Waals surface area contributed by atoms with E-state index in [9.17, 15) is 0 Å². The molecule has 1 aromatic heterocycles. The Balaban J connectivity index is 2.09. The van der Waals surface area contributed by atoms with Gasteiger partial charge in [-0.25, -0.2) is 4.68 Å². The van der Waals surface area contributed by atoms with Gasteiger partial charge in [0.15, 0.2) is 0 Å². The summed E-state index contributed by atoms with van der Waals surface area (Å²) in [5.41, 5.74) is 1.18. The molecule has 0 aromatic carbocycles. The average molecular weight is 178 g/mol. The number of nitrogens with one attached hydrogen (secondary N) is 1. The van der Waals surface area contributed by atoms with E-state index >= 15 is 0 Å². The standard InChI is InChI=1S/C9H14N4/c1-2-13-8-9(7-11-13)12-5-3-10-4-6-12/h2,7-8,10H,1,3-6H2. The second-order valence-electron chi connectivity index (χ2n) is 3.10. The van der Waals surface area contributed by atoms with Crippen LogP contribution in [0.25, 0.3) is 6.20 Å². The number of aromatic nitrogens is 2. The molecular formula is C9H14N4. The van der Waals surface area contributed by atoms with Crippen LogP contribution < -0.4 is 10.2 Å². The summed E-state index contributed by atoms with van der Waals surface area (Å²) in [5.74, 6) is 0. The van der Waals surface area contributed by atoms with Crippen molar-refractivity contribution in [1.29, 1.82) is 0 Å². The molecule has 1 aliphatic rings. The monoisotopic (exact) mass is 178 g/mol. The molecule has 0 spiro atoms. The maximum atomic E-state index is 4.15. The summed E-state index contributed by atoms with van der Waals surface area (Å²) in [4.78, 5) is 2.32. The third-order valence-electron chi connectivity index (χ3n) is 2.26. The number of rotatable bonds is 2. The average Bonchev–Trinajstić information content (AvgIpc) is 2.67. The Morgan fingerprint density at radius 1 is 1.46 bits per heavy atom. The maximum Gasteiger partial charge on any atom is 0.0757 e. The van der Waals surface area contributed by atoms with Gasteiger partial charge in [0.1, 0.15) is 0 Å². The normalized spacial score (nSPS) is 17.4. The zero-order valence-electron chi connectivity index (χ0n) is 7.61. The van der Waals surface area contributed by atoms with Crippen LogP contribution in [0, 0.1) is 0 Å². The number of nitrogens with zero attached hydrogens (tertiary/aromatic N) is 3. The van der Waals surface area contributed by atoms with Crippen molar-refractivity contribution in [3.05, 3.63) is 19.0 Å². The summed E-state index contributed by atoms with van der Waals surface area (Å²) >= 11 is 0. The van der Waals surface area contributed by atoms with Gasteiger partial charge in [-0.1, -0.05) is 6.58 Å². The molecule has 0 amide bonds. The van der Waals surface area contributed by atoms with Crippen LogP contribution in [0.4, 0.5) is 5.69 Å². The van der Waals surface area contributed by atoms with E-state index in [4.69, 9.17) is 0 Å². The number of anilines is 1. The fourth-order valence-electron chi connectivity index (χ4n) is 1.51. The van der Waals surface area contributed by atoms with Crippen LogP contribution in [0.1, 0.15) is 0 Å². The van der Waals surface area contributed by atoms with Gasteiger partial charge in [-0.3, -0.25) is 0 Å². The van der Waals surface area contributed by atoms with Crippen LogP contribution in [-0.4, -0.2) is 36.0 Å². The number of hydrogen-bond donors (Lipinski definition) is 1. The van der Waals surface area contributed by atoms with Crippen molar-refractivity contribution in [1.82, 2.24) is 15.1 Å². The van der Waals surface area contributed by atoms with E-state index in [0.717, 1.165) is 26.2 Å². The molecule has 2 rings (SSSR count). The molecule has 0 unspecified atom stereocenters. The Hall–Kier alpha value is -1.29. The van der Waals surface area contributed by atoms with E-state index in [1.807, 2.05) is 12.4 Å². The van der Waals surface area contributed by atoms with Gasteiger partial charge < -0.3 is 10.2 Å². The Morgan fingerprint density at radius 3 is 2.85 bits per heavy atom. The Morgan fingerprint density at radius 2 is 2.23 bits per heavy atom. The molecule has 1 saturated heterocycles. The summed E-state index contributed by atoms with van der Waals surface area (Å²) in [7, 11) is 0. The van der Waals surface area contributed by atoms with Crippen LogP contribution in [0.5, 0.6) is 0 Å². The second kappa shape index (κ2) is 3.62. The molecule has 0 saturated carbocycles. The zero-order valence-corrected chi connectivity index (χ0v) is 7.61. The van der Waals surface area contributed by atoms with Crippen LogP contribution in [0.2, 0.25) is 0 Å². The lowest BCUT2D eigenvalue weighted by Crippen LogP contribution is -2.43. The zero-order chi connectivity index (χ0) is 9.10. The van der Waals surface area contributed by atoms with Gasteiger partial charge in [-0.05, 0) is 0 Å². The Kier molecular flexibility index (Phi) is 2.31. The smallest absolute Gasteiger partial charge is 0.0757 e. The van der Waals surface area contributed by atoms with Gasteiger partial charge in [0.25, 0.3) is 0 Å². The fourth-order valence-corrected chi connectivity index (χ4v) is 1.51. The second-order valence-corrected chi connectivity index (χ2v) is 3.10. The predicted molar refractivity (Wildman–Crippen MR) is 53.7 cm³/mol. The first-order valence-electron chi connectivity index (χ1n) is 4.52. The third kappa shape index (κ3) is 1.72. The van der Waals surface area contributed by atoms with Gasteiger partial charge in [-0.15, -0.1) is 0 Å². The topological polar surface area (TPSA) is 33.1 Å². The van der Waals surface area contributed by atoms with Crippen molar-refractivity contribution in [2.75, 3.05) is 31.1 Å². The maximum absolute atomic E-state index is 4.15. The van der Waals surface area contributed by atoms with E-state index < -0.39 is 0 Å². The largest absolute Gasteiger partial charge is 0.366 e. The molecule has 0 bridgehead atoms. The molecule has 13 heavy (non-hydrogen) atoms. The predicted octanol–water partition coefficient (Wildman–Crippen LogP) is 0.393. The van der Waals surface area contributed by atoms with Crippen molar-refractivity contribution < 1.29 is 0 Å². The van der Waals surface area contributed by atoms with Gasteiger partial charge in [0.2, 0.25) is 0 Å². The lowest BCUT2D eigenvalue weighted by atomic mass is 10.3. The summed E-state index contributed by atoms with van der Waals surface area (Å²) in [6.07, 6.45) is 5.58. The van der Waals surface area contributed by atoms with Crippen molar-refractivity contribution in [3.8, 4) is 0 Å². The van der Waals surface area contributed by atoms with E-state index in [-0.39, 0.29) is 0 Å². The number of piperazine rings is 1. The summed E-state index contributed by atoms with van der Waals surface area (Å²) < 4.78 is 1.73. The molecular weight excluding hydrogens is 164 g/mol. The fraction of sp³-hybridized carbons (Fsp3) is 0.444. The summed E-state index contributed by atoms with van der Waals surface area (Å²) in [5, 5.41) is 7.46. The first-order chi connectivity index (χ1) is 6.40. The molecule has 0 radical (unpaired) electrons. The Labute approximate surface area is 77.8 Å². The van der Waals surface area contributed by atoms with Crippen LogP contribution in [-0.2, 0) is 0 Å². The van der Waals surface area contributed by atoms with Crippen LogP contribution in [0.15, 0.2) is 19.0 Å². The highest BCUT2D eigenvalue weighted by atomic mass is 15.3. The first kappa shape index (κ1) is 8.31. The third-order valence-corrected chi connectivity index (χ3v) is 2.26. The van der Waals surface area contributed by atoms with Crippen molar-refractivity contribution in [2.45, 2.75) is 0 Å². The van der Waals surface area contributed by atoms with E-state index in [1.165, 1.54) is 5.69 Å². The minimum absolute atomic E-state index is 1.05. The minimum Gasteiger partial charge on any atom is -0.366 e. The molecule has 1 aromatic rings. The van der Waals surface area contributed by atoms with Crippen LogP contribution in [0.3, 0.4) is 0 Å². The van der Waals surface area contributed by atoms with Gasteiger partial charge in [0.05, 0.1) is 18.1 Å². The molecule has 1 N–H and O–H groups in total. The lowest BCUT2D eigenvalue weighted by molar-refractivity contribution is 0.589. The quantitative estimate of drug-likeness (QED) is 0.711. The molecule has 4 nitrogen and oxygen atoms in total. The van der Waals surface area contributed by atoms with Gasteiger partial charge in [0, 0.05) is 32.4 Å². The van der Waals surface area contributed by atoms with E-state index in [1.54, 1.807) is 10.9 Å². The minimum atomic E-state index is 1.05. The summed E-state index contributed by atoms with van der Waals surface area (Å²) in [6, 6.07) is 0. The molecule has 1 aliphatic heterocycles. The highest BCUT2D eigenvalue weighted by Crippen LogP contribution is 2.12.